The van der Waals surface area contributed by atoms with Crippen LogP contribution in [-0.4, -0.2) is 17.1 Å². The van der Waals surface area contributed by atoms with Crippen LogP contribution in [0.15, 0.2) is 42.5 Å². The summed E-state index contributed by atoms with van der Waals surface area (Å²) in [7, 11) is 1.65. The highest BCUT2D eigenvalue weighted by atomic mass is 16.5. The minimum absolute atomic E-state index is 0.567. The highest BCUT2D eigenvalue weighted by Crippen LogP contribution is 2.28. The van der Waals surface area contributed by atoms with Crippen molar-refractivity contribution >= 4 is 23.1 Å². The molecule has 0 amide bonds. The van der Waals surface area contributed by atoms with Gasteiger partial charge in [-0.1, -0.05) is 29.8 Å². The number of nitrogens with one attached hydrogen (secondary N) is 2. The summed E-state index contributed by atoms with van der Waals surface area (Å²) in [5, 5.41) is 6.68. The smallest absolute Gasteiger partial charge is 0.229 e. The molecule has 0 fully saturated rings. The second-order valence-corrected chi connectivity index (χ2v) is 6.44. The first-order valence-electron chi connectivity index (χ1n) is 8.57. The normalized spacial score (nSPS) is 10.5. The van der Waals surface area contributed by atoms with Gasteiger partial charge in [-0.3, -0.25) is 0 Å². The van der Waals surface area contributed by atoms with Crippen LogP contribution in [0.4, 0.5) is 23.1 Å². The van der Waals surface area contributed by atoms with Crippen molar-refractivity contribution in [2.24, 2.45) is 0 Å². The molecule has 2 N–H and O–H groups in total. The number of benzene rings is 2. The highest BCUT2D eigenvalue weighted by molar-refractivity contribution is 5.67. The zero-order valence-corrected chi connectivity index (χ0v) is 15.8. The van der Waals surface area contributed by atoms with Gasteiger partial charge in [0.15, 0.2) is 0 Å². The number of nitrogens with zero attached hydrogens (tertiary/aromatic N) is 2. The van der Waals surface area contributed by atoms with Crippen molar-refractivity contribution in [3.8, 4) is 5.75 Å². The van der Waals surface area contributed by atoms with E-state index < -0.39 is 0 Å². The van der Waals surface area contributed by atoms with Gasteiger partial charge < -0.3 is 15.4 Å². The number of ether oxygens (including phenoxy) is 1. The summed E-state index contributed by atoms with van der Waals surface area (Å²) in [4.78, 5) is 9.14. The predicted octanol–water partition coefficient (Wildman–Crippen LogP) is 5.21. The SMILES string of the molecule is COc1ccccc1Nc1cc(C)nc(Nc2c(C)cc(C)cc2C)n1. The Morgan fingerprint density at radius 2 is 1.54 bits per heavy atom. The van der Waals surface area contributed by atoms with Crippen molar-refractivity contribution in [1.82, 2.24) is 9.97 Å². The highest BCUT2D eigenvalue weighted by Gasteiger charge is 2.09. The third-order valence-electron chi connectivity index (χ3n) is 4.14. The topological polar surface area (TPSA) is 59.1 Å². The summed E-state index contributed by atoms with van der Waals surface area (Å²) >= 11 is 0. The van der Waals surface area contributed by atoms with Gasteiger partial charge in [0.2, 0.25) is 5.95 Å². The lowest BCUT2D eigenvalue weighted by atomic mass is 10.1. The van der Waals surface area contributed by atoms with Crippen LogP contribution in [0.25, 0.3) is 0 Å². The molecule has 26 heavy (non-hydrogen) atoms. The monoisotopic (exact) mass is 348 g/mol. The molecular formula is C21H24N4O. The molecule has 0 aliphatic carbocycles. The molecule has 3 rings (SSSR count). The summed E-state index contributed by atoms with van der Waals surface area (Å²) < 4.78 is 5.39. The maximum Gasteiger partial charge on any atom is 0.229 e. The van der Waals surface area contributed by atoms with Gasteiger partial charge in [-0.2, -0.15) is 4.98 Å². The molecule has 134 valence electrons. The molecule has 0 radical (unpaired) electrons. The quantitative estimate of drug-likeness (QED) is 0.663. The van der Waals surface area contributed by atoms with Crippen molar-refractivity contribution in [3.63, 3.8) is 0 Å². The van der Waals surface area contributed by atoms with Crippen LogP contribution in [0.3, 0.4) is 0 Å². The Morgan fingerprint density at radius 3 is 2.23 bits per heavy atom. The van der Waals surface area contributed by atoms with E-state index in [1.807, 2.05) is 37.3 Å². The van der Waals surface area contributed by atoms with Crippen molar-refractivity contribution in [2.75, 3.05) is 17.7 Å². The first kappa shape index (κ1) is 17.7. The van der Waals surface area contributed by atoms with Gasteiger partial charge in [0.25, 0.3) is 0 Å². The number of aryl methyl sites for hydroxylation is 4. The molecule has 1 aromatic heterocycles. The largest absolute Gasteiger partial charge is 0.495 e. The van der Waals surface area contributed by atoms with Crippen LogP contribution in [0.5, 0.6) is 5.75 Å². The molecule has 2 aromatic carbocycles. The van der Waals surface area contributed by atoms with E-state index in [-0.39, 0.29) is 0 Å². The molecule has 1 heterocycles. The Hall–Kier alpha value is -3.08. The molecule has 3 aromatic rings. The van der Waals surface area contributed by atoms with Gasteiger partial charge in [-0.25, -0.2) is 4.98 Å². The zero-order valence-electron chi connectivity index (χ0n) is 15.8. The standard InChI is InChI=1S/C21H24N4O/c1-13-10-14(2)20(15(3)11-13)25-21-22-16(4)12-19(24-21)23-17-8-6-7-9-18(17)26-5/h6-12H,1-5H3,(H2,22,23,24,25). The summed E-state index contributed by atoms with van der Waals surface area (Å²) in [6.07, 6.45) is 0. The lowest BCUT2D eigenvalue weighted by molar-refractivity contribution is 0.417. The Kier molecular flexibility index (Phi) is 5.07. The lowest BCUT2D eigenvalue weighted by Gasteiger charge is -2.15. The molecular weight excluding hydrogens is 324 g/mol. The minimum Gasteiger partial charge on any atom is -0.495 e. The van der Waals surface area contributed by atoms with E-state index in [9.17, 15) is 0 Å². The van der Waals surface area contributed by atoms with Crippen LogP contribution in [-0.2, 0) is 0 Å². The fourth-order valence-corrected chi connectivity index (χ4v) is 3.06. The molecule has 0 unspecified atom stereocenters. The first-order valence-corrected chi connectivity index (χ1v) is 8.57. The number of aromatic nitrogens is 2. The first-order chi connectivity index (χ1) is 12.5. The molecule has 0 atom stereocenters. The molecule has 5 heteroatoms. The van der Waals surface area contributed by atoms with E-state index in [0.29, 0.717) is 11.8 Å². The number of rotatable bonds is 5. The van der Waals surface area contributed by atoms with E-state index in [4.69, 9.17) is 4.74 Å². The van der Waals surface area contributed by atoms with Crippen LogP contribution < -0.4 is 15.4 Å². The third-order valence-corrected chi connectivity index (χ3v) is 4.14. The summed E-state index contributed by atoms with van der Waals surface area (Å²) in [5.41, 5.74) is 6.38. The molecule has 0 saturated carbocycles. The van der Waals surface area contributed by atoms with Crippen LogP contribution >= 0.6 is 0 Å². The van der Waals surface area contributed by atoms with E-state index in [2.05, 4.69) is 53.5 Å². The van der Waals surface area contributed by atoms with Crippen LogP contribution in [0.2, 0.25) is 0 Å². The van der Waals surface area contributed by atoms with Crippen LogP contribution in [0.1, 0.15) is 22.4 Å². The Balaban J connectivity index is 1.91. The van der Waals surface area contributed by atoms with Crippen LogP contribution in [0, 0.1) is 27.7 Å². The van der Waals surface area contributed by atoms with E-state index in [1.54, 1.807) is 7.11 Å². The van der Waals surface area contributed by atoms with E-state index in [0.717, 1.165) is 22.8 Å². The average molecular weight is 348 g/mol. The zero-order chi connectivity index (χ0) is 18.7. The average Bonchev–Trinajstić information content (AvgIpc) is 2.58. The number of para-hydroxylation sites is 2. The van der Waals surface area contributed by atoms with E-state index >= 15 is 0 Å². The maximum atomic E-state index is 5.39. The summed E-state index contributed by atoms with van der Waals surface area (Å²) in [6.45, 7) is 8.23. The van der Waals surface area contributed by atoms with E-state index in [1.165, 1.54) is 16.7 Å². The number of methoxy groups -OCH3 is 1. The third kappa shape index (κ3) is 3.94. The molecule has 0 aliphatic rings. The maximum absolute atomic E-state index is 5.39. The second kappa shape index (κ2) is 7.44. The predicted molar refractivity (Wildman–Crippen MR) is 107 cm³/mol. The molecule has 0 aliphatic heterocycles. The van der Waals surface area contributed by atoms with Gasteiger partial charge in [0.05, 0.1) is 12.8 Å². The van der Waals surface area contributed by atoms with Crippen molar-refractivity contribution in [3.05, 3.63) is 64.8 Å². The fraction of sp³-hybridized carbons (Fsp3) is 0.238. The Labute approximate surface area is 154 Å². The molecule has 0 spiro atoms. The van der Waals surface area contributed by atoms with Crippen molar-refractivity contribution in [1.29, 1.82) is 0 Å². The molecule has 0 saturated heterocycles. The van der Waals surface area contributed by atoms with Gasteiger partial charge in [0, 0.05) is 17.4 Å². The summed E-state index contributed by atoms with van der Waals surface area (Å²) in [6, 6.07) is 14.0. The Morgan fingerprint density at radius 1 is 0.846 bits per heavy atom. The van der Waals surface area contributed by atoms with Gasteiger partial charge in [0.1, 0.15) is 11.6 Å². The number of anilines is 4. The molecule has 0 bridgehead atoms. The minimum atomic E-state index is 0.567. The van der Waals surface area contributed by atoms with Gasteiger partial charge in [-0.15, -0.1) is 0 Å². The van der Waals surface area contributed by atoms with Gasteiger partial charge >= 0.3 is 0 Å². The number of hydrogen-bond acceptors (Lipinski definition) is 5. The lowest BCUT2D eigenvalue weighted by Crippen LogP contribution is -2.05. The summed E-state index contributed by atoms with van der Waals surface area (Å²) in [5.74, 6) is 2.05. The Bertz CT molecular complexity index is 914. The van der Waals surface area contributed by atoms with Crippen molar-refractivity contribution in [2.45, 2.75) is 27.7 Å². The number of hydrogen-bond donors (Lipinski definition) is 2. The van der Waals surface area contributed by atoms with Crippen molar-refractivity contribution < 1.29 is 4.74 Å². The van der Waals surface area contributed by atoms with Gasteiger partial charge in [-0.05, 0) is 51.0 Å². The fourth-order valence-electron chi connectivity index (χ4n) is 3.06. The molecule has 5 nitrogen and oxygen atoms in total. The second-order valence-electron chi connectivity index (χ2n) is 6.44.